The van der Waals surface area contributed by atoms with Crippen molar-refractivity contribution in [1.29, 1.82) is 0 Å². The fourth-order valence-electron chi connectivity index (χ4n) is 8.04. The Balaban J connectivity index is 1.67. The summed E-state index contributed by atoms with van der Waals surface area (Å²) in [4.78, 5) is 62.1. The van der Waals surface area contributed by atoms with E-state index in [2.05, 4.69) is 16.0 Å². The van der Waals surface area contributed by atoms with Crippen molar-refractivity contribution in [3.05, 3.63) is 0 Å². The van der Waals surface area contributed by atoms with E-state index in [4.69, 9.17) is 33.2 Å². The van der Waals surface area contributed by atoms with Gasteiger partial charge in [0.05, 0.1) is 50.7 Å². The first kappa shape index (κ1) is 57.1. The smallest absolute Gasteiger partial charge is 0.364 e. The Morgan fingerprint density at radius 2 is 1.10 bits per heavy atom. The summed E-state index contributed by atoms with van der Waals surface area (Å²) in [5, 5.41) is 184. The summed E-state index contributed by atoms with van der Waals surface area (Å²) in [5.74, 6) is -13.8. The molecule has 4 aliphatic rings. The van der Waals surface area contributed by atoms with Gasteiger partial charge in [-0.1, -0.05) is 0 Å². The normalized spacial score (nSPS) is 40.5. The number of carbonyl (C=O) groups excluding carboxylic acids is 3. The first-order valence-corrected chi connectivity index (χ1v) is 20.7. The topological polar surface area (TPSA) is 530 Å². The number of aliphatic carboxylic acids is 2. The van der Waals surface area contributed by atoms with E-state index in [1.54, 1.807) is 0 Å². The number of rotatable bonds is 21. The molecule has 0 radical (unpaired) electrons. The van der Waals surface area contributed by atoms with Gasteiger partial charge in [0, 0.05) is 19.8 Å². The second-order valence-electron chi connectivity index (χ2n) is 16.3. The van der Waals surface area contributed by atoms with Gasteiger partial charge >= 0.3 is 11.9 Å². The maximum atomic E-state index is 12.9. The molecule has 0 aromatic carbocycles. The zero-order valence-corrected chi connectivity index (χ0v) is 35.7. The van der Waals surface area contributed by atoms with Crippen LogP contribution in [0.25, 0.3) is 0 Å². The number of ether oxygens (including phenoxy) is 7. The summed E-state index contributed by atoms with van der Waals surface area (Å²) in [6.45, 7) is -6.09. The summed E-state index contributed by atoms with van der Waals surface area (Å²) < 4.78 is 38.9. The van der Waals surface area contributed by atoms with Crippen LogP contribution < -0.4 is 16.0 Å². The maximum absolute atomic E-state index is 12.9. The lowest BCUT2D eigenvalue weighted by Crippen LogP contribution is -2.71. The Morgan fingerprint density at radius 1 is 0.632 bits per heavy atom. The highest BCUT2D eigenvalue weighted by Gasteiger charge is 2.61. The molecule has 0 aromatic heterocycles. The van der Waals surface area contributed by atoms with Crippen molar-refractivity contribution in [3.8, 4) is 0 Å². The van der Waals surface area contributed by atoms with Crippen molar-refractivity contribution in [2.45, 2.75) is 154 Å². The lowest BCUT2D eigenvalue weighted by Gasteiger charge is -2.51. The van der Waals surface area contributed by atoms with E-state index < -0.39 is 216 Å². The van der Waals surface area contributed by atoms with Gasteiger partial charge in [0.25, 0.3) is 11.6 Å². The fourth-order valence-corrected chi connectivity index (χ4v) is 8.04. The summed E-state index contributed by atoms with van der Waals surface area (Å²) in [7, 11) is 0. The third-order valence-electron chi connectivity index (χ3n) is 11.6. The van der Waals surface area contributed by atoms with Gasteiger partial charge in [0.2, 0.25) is 17.7 Å². The van der Waals surface area contributed by atoms with Crippen LogP contribution in [0.2, 0.25) is 0 Å². The largest absolute Gasteiger partial charge is 0.477 e. The average Bonchev–Trinajstić information content (AvgIpc) is 3.30. The molecular formula is C36H59N3O29. The highest BCUT2D eigenvalue weighted by molar-refractivity contribution is 5.79. The van der Waals surface area contributed by atoms with Gasteiger partial charge in [-0.2, -0.15) is 0 Å². The van der Waals surface area contributed by atoms with Crippen LogP contribution in [0.1, 0.15) is 19.8 Å². The molecule has 0 spiro atoms. The SMILES string of the molecule is CC(=O)N[C@@H]1[C@@H](O[C@@H]2O[C@H](CO)[C@H](O)[C@H](O[C@]3(C(=O)O)C[C@H](O)[C@@H](NC(=O)CO)[C@H]([C@H](O)[C@H](O)CO)O3)[C@H]2O)[C@@H](O)[C@@H](CO[C@]2(C(=O)O)C[C@H](O)[C@@H](NC(=O)CO)[C@H]([C@H](O)[C@H](O)CO)O2)O[C@@H]1O. The van der Waals surface area contributed by atoms with Crippen LogP contribution >= 0.6 is 0 Å². The Bertz CT molecular complexity index is 1720. The number of aliphatic hydroxyl groups excluding tert-OH is 15. The second-order valence-corrected chi connectivity index (χ2v) is 16.3. The molecule has 4 heterocycles. The molecule has 0 aromatic rings. The van der Waals surface area contributed by atoms with Crippen molar-refractivity contribution in [1.82, 2.24) is 16.0 Å². The highest BCUT2D eigenvalue weighted by atomic mass is 16.8. The number of carboxylic acid groups (broad SMARTS) is 2. The molecule has 32 nitrogen and oxygen atoms in total. The number of nitrogens with one attached hydrogen (secondary N) is 3. The molecule has 22 atom stereocenters. The van der Waals surface area contributed by atoms with E-state index in [9.17, 15) is 111 Å². The molecule has 4 fully saturated rings. The molecule has 3 amide bonds. The molecule has 4 rings (SSSR count). The zero-order chi connectivity index (χ0) is 51.2. The summed E-state index contributed by atoms with van der Waals surface area (Å²) >= 11 is 0. The molecule has 4 saturated heterocycles. The lowest BCUT2D eigenvalue weighted by atomic mass is 9.88. The lowest BCUT2D eigenvalue weighted by molar-refractivity contribution is -0.382. The average molecular weight is 998 g/mol. The molecule has 392 valence electrons. The molecule has 0 saturated carbocycles. The molecule has 4 aliphatic heterocycles. The maximum Gasteiger partial charge on any atom is 0.364 e. The monoisotopic (exact) mass is 997 g/mol. The van der Waals surface area contributed by atoms with Crippen LogP contribution in [0.4, 0.5) is 0 Å². The van der Waals surface area contributed by atoms with Gasteiger partial charge in [-0.15, -0.1) is 0 Å². The molecule has 0 unspecified atom stereocenters. The predicted octanol–water partition coefficient (Wildman–Crippen LogP) is -13.0. The number of amides is 3. The number of carboxylic acids is 2. The van der Waals surface area contributed by atoms with E-state index in [0.717, 1.165) is 6.92 Å². The van der Waals surface area contributed by atoms with Gasteiger partial charge in [-0.25, -0.2) is 9.59 Å². The minimum Gasteiger partial charge on any atom is -0.477 e. The van der Waals surface area contributed by atoms with Crippen LogP contribution in [0.3, 0.4) is 0 Å². The van der Waals surface area contributed by atoms with E-state index in [1.165, 1.54) is 0 Å². The summed E-state index contributed by atoms with van der Waals surface area (Å²) in [6, 6.07) is -5.44. The predicted molar refractivity (Wildman–Crippen MR) is 206 cm³/mol. The first-order chi connectivity index (χ1) is 31.8. The standard InChI is InChI=1S/C36H59N3O29/c1-10(45)37-21-27(25(55)16(63-31(21)57)9-62-35(33(58)59)2-11(46)19(38-17(50)7-43)28(66-35)22(52)13(48)4-40)65-32-26(56)30(24(54)15(6-42)64-32)68-36(34(60)61)3-12(47)20(39-18(51)8-44)29(67-36)23(53)14(49)5-41/h11-16,19-32,40-44,46-49,52-57H,2-9H2,1H3,(H,37,45)(H,38,50)(H,39,51)(H,58,59)(H,60,61)/t11-,12-,13+,14+,15+,16+,19+,20+,21+,22+,23+,24-,25-,26+,27+,28+,29+,30-,31-,32-,35+,36-/m0/s1. The Morgan fingerprint density at radius 3 is 1.54 bits per heavy atom. The van der Waals surface area contributed by atoms with Gasteiger partial charge in [-0.3, -0.25) is 14.4 Å². The van der Waals surface area contributed by atoms with Crippen LogP contribution in [0.5, 0.6) is 0 Å². The van der Waals surface area contributed by atoms with E-state index in [-0.39, 0.29) is 0 Å². The minimum atomic E-state index is -3.27. The van der Waals surface area contributed by atoms with E-state index in [0.29, 0.717) is 0 Å². The van der Waals surface area contributed by atoms with Crippen molar-refractivity contribution in [2.24, 2.45) is 0 Å². The van der Waals surface area contributed by atoms with Gasteiger partial charge in [0.15, 0.2) is 12.6 Å². The summed E-state index contributed by atoms with van der Waals surface area (Å²) in [6.07, 6.45) is -39.4. The van der Waals surface area contributed by atoms with E-state index >= 15 is 0 Å². The van der Waals surface area contributed by atoms with Gasteiger partial charge in [0.1, 0.15) is 98.6 Å². The molecule has 32 heteroatoms. The highest BCUT2D eigenvalue weighted by Crippen LogP contribution is 2.39. The Hall–Kier alpha value is -3.53. The Labute approximate surface area is 382 Å². The van der Waals surface area contributed by atoms with Crippen molar-refractivity contribution in [2.75, 3.05) is 39.6 Å². The number of hydrogen-bond donors (Lipinski definition) is 20. The second kappa shape index (κ2) is 24.1. The quantitative estimate of drug-likeness (QED) is 0.0508. The third-order valence-corrected chi connectivity index (χ3v) is 11.6. The Kier molecular flexibility index (Phi) is 20.2. The van der Waals surface area contributed by atoms with Crippen LogP contribution in [0.15, 0.2) is 0 Å². The van der Waals surface area contributed by atoms with Crippen molar-refractivity contribution in [3.63, 3.8) is 0 Å². The summed E-state index contributed by atoms with van der Waals surface area (Å²) in [5.41, 5.74) is 0. The molecule has 0 aliphatic carbocycles. The fraction of sp³-hybridized carbons (Fsp3) is 0.861. The first-order valence-electron chi connectivity index (χ1n) is 20.7. The molecule has 0 bridgehead atoms. The van der Waals surface area contributed by atoms with Gasteiger partial charge < -0.3 is 136 Å². The zero-order valence-electron chi connectivity index (χ0n) is 35.7. The van der Waals surface area contributed by atoms with E-state index in [1.807, 2.05) is 0 Å². The molecule has 68 heavy (non-hydrogen) atoms. The number of aliphatic hydroxyl groups is 15. The minimum absolute atomic E-state index is 0.914. The number of carbonyl (C=O) groups is 5. The van der Waals surface area contributed by atoms with Crippen LogP contribution in [-0.4, -0.2) is 290 Å². The van der Waals surface area contributed by atoms with Crippen LogP contribution in [-0.2, 0) is 57.1 Å². The number of hydrogen-bond acceptors (Lipinski definition) is 27. The molecular weight excluding hydrogens is 938 g/mol. The van der Waals surface area contributed by atoms with Crippen molar-refractivity contribution >= 4 is 29.7 Å². The van der Waals surface area contributed by atoms with Gasteiger partial charge in [-0.05, 0) is 0 Å². The molecule has 20 N–H and O–H groups in total. The third kappa shape index (κ3) is 12.5. The van der Waals surface area contributed by atoms with Crippen molar-refractivity contribution < 1.29 is 144 Å². The van der Waals surface area contributed by atoms with Crippen LogP contribution in [0, 0.1) is 0 Å².